The van der Waals surface area contributed by atoms with Gasteiger partial charge in [-0.05, 0) is 0 Å². The van der Waals surface area contributed by atoms with Crippen LogP contribution in [-0.4, -0.2) is 20.1 Å². The summed E-state index contributed by atoms with van der Waals surface area (Å²) < 4.78 is 9.99. The van der Waals surface area contributed by atoms with Gasteiger partial charge in [-0.2, -0.15) is 0 Å². The predicted octanol–water partition coefficient (Wildman–Crippen LogP) is 1.11. The molecule has 0 aliphatic heterocycles. The molecule has 13 heavy (non-hydrogen) atoms. The molecule has 0 aliphatic carbocycles. The van der Waals surface area contributed by atoms with Gasteiger partial charge in [-0.25, -0.2) is 0 Å². The van der Waals surface area contributed by atoms with Crippen LogP contribution < -0.4 is 5.32 Å². The summed E-state index contributed by atoms with van der Waals surface area (Å²) in [7, 11) is 0.872. The van der Waals surface area contributed by atoms with E-state index in [9.17, 15) is 4.70 Å². The van der Waals surface area contributed by atoms with Gasteiger partial charge in [-0.3, -0.25) is 0 Å². The third-order valence-corrected chi connectivity index (χ3v) is 2.05. The number of nitrogens with one attached hydrogen (secondary N) is 1. The monoisotopic (exact) mass is 193 g/mol. The van der Waals surface area contributed by atoms with Crippen LogP contribution in [0, 0.1) is 0 Å². The van der Waals surface area contributed by atoms with Crippen LogP contribution in [0.4, 0.5) is 0 Å². The van der Waals surface area contributed by atoms with Gasteiger partial charge in [0.25, 0.3) is 0 Å². The Balaban J connectivity index is 2.28. The summed E-state index contributed by atoms with van der Waals surface area (Å²) >= 11 is 4.19. The third-order valence-electron chi connectivity index (χ3n) is 1.75. The fourth-order valence-corrected chi connectivity index (χ4v) is 1.21. The SMILES string of the molecule is O=BCNCCc1ccc(S)cc1. The van der Waals surface area contributed by atoms with Crippen LogP contribution in [0.15, 0.2) is 29.2 Å². The zero-order chi connectivity index (χ0) is 9.52. The van der Waals surface area contributed by atoms with Crippen molar-refractivity contribution in [1.29, 1.82) is 0 Å². The summed E-state index contributed by atoms with van der Waals surface area (Å²) in [5.74, 6) is 0. The molecule has 0 aromatic heterocycles. The van der Waals surface area contributed by atoms with E-state index in [0.717, 1.165) is 25.0 Å². The molecule has 1 N–H and O–H groups in total. The van der Waals surface area contributed by atoms with Crippen molar-refractivity contribution in [2.24, 2.45) is 0 Å². The molecule has 0 spiro atoms. The summed E-state index contributed by atoms with van der Waals surface area (Å²) in [6, 6.07) is 8.03. The van der Waals surface area contributed by atoms with Crippen molar-refractivity contribution in [2.45, 2.75) is 11.3 Å². The Morgan fingerprint density at radius 3 is 2.62 bits per heavy atom. The summed E-state index contributed by atoms with van der Waals surface area (Å²) in [4.78, 5) is 0.976. The topological polar surface area (TPSA) is 29.1 Å². The molecule has 0 bridgehead atoms. The first-order valence-corrected chi connectivity index (χ1v) is 4.70. The van der Waals surface area contributed by atoms with Crippen molar-refractivity contribution in [1.82, 2.24) is 5.32 Å². The van der Waals surface area contributed by atoms with E-state index < -0.39 is 0 Å². The first kappa shape index (κ1) is 10.5. The number of hydrogen-bond acceptors (Lipinski definition) is 3. The average Bonchev–Trinajstić information content (AvgIpc) is 2.15. The first-order valence-electron chi connectivity index (χ1n) is 4.25. The van der Waals surface area contributed by atoms with Gasteiger partial charge in [0.2, 0.25) is 0 Å². The molecule has 2 nitrogen and oxygen atoms in total. The normalized spacial score (nSPS) is 9.62. The molecule has 0 heterocycles. The van der Waals surface area contributed by atoms with E-state index in [4.69, 9.17) is 0 Å². The van der Waals surface area contributed by atoms with Gasteiger partial charge in [0, 0.05) is 0 Å². The Labute approximate surface area is 84.4 Å². The van der Waals surface area contributed by atoms with Gasteiger partial charge in [0.1, 0.15) is 0 Å². The molecule has 1 aromatic rings. The van der Waals surface area contributed by atoms with Gasteiger partial charge in [0.15, 0.2) is 0 Å². The van der Waals surface area contributed by atoms with Gasteiger partial charge >= 0.3 is 83.9 Å². The maximum atomic E-state index is 9.99. The van der Waals surface area contributed by atoms with Crippen LogP contribution in [0.3, 0.4) is 0 Å². The molecule has 1 aromatic carbocycles. The molecule has 0 saturated carbocycles. The molecule has 0 amide bonds. The Bertz CT molecular complexity index is 263. The first-order chi connectivity index (χ1) is 6.33. The van der Waals surface area contributed by atoms with Gasteiger partial charge in [0.05, 0.1) is 0 Å². The van der Waals surface area contributed by atoms with Crippen LogP contribution in [0.2, 0.25) is 0 Å². The second kappa shape index (κ2) is 5.94. The quantitative estimate of drug-likeness (QED) is 0.416. The molecule has 0 radical (unpaired) electrons. The third kappa shape index (κ3) is 4.24. The fourth-order valence-electron chi connectivity index (χ4n) is 1.06. The Morgan fingerprint density at radius 2 is 2.00 bits per heavy atom. The molecule has 0 aliphatic rings. The fraction of sp³-hybridized carbons (Fsp3) is 0.333. The molecule has 0 atom stereocenters. The van der Waals surface area contributed by atoms with Crippen molar-refractivity contribution in [3.05, 3.63) is 29.8 Å². The van der Waals surface area contributed by atoms with E-state index in [0.29, 0.717) is 6.44 Å². The molecule has 0 fully saturated rings. The van der Waals surface area contributed by atoms with Crippen LogP contribution in [0.25, 0.3) is 0 Å². The van der Waals surface area contributed by atoms with Crippen LogP contribution in [0.5, 0.6) is 0 Å². The number of thiol groups is 1. The van der Waals surface area contributed by atoms with E-state index in [1.54, 1.807) is 0 Å². The van der Waals surface area contributed by atoms with E-state index >= 15 is 0 Å². The van der Waals surface area contributed by atoms with Crippen molar-refractivity contribution in [3.8, 4) is 0 Å². The average molecular weight is 193 g/mol. The van der Waals surface area contributed by atoms with Crippen molar-refractivity contribution < 1.29 is 4.70 Å². The second-order valence-corrected chi connectivity index (χ2v) is 3.30. The zero-order valence-corrected chi connectivity index (χ0v) is 8.26. The van der Waals surface area contributed by atoms with Crippen LogP contribution >= 0.6 is 12.6 Å². The molecular weight excluding hydrogens is 181 g/mol. The Morgan fingerprint density at radius 1 is 1.31 bits per heavy atom. The molecule has 0 saturated heterocycles. The van der Waals surface area contributed by atoms with Crippen molar-refractivity contribution in [2.75, 3.05) is 13.0 Å². The minimum absolute atomic E-state index is 0.435. The molecule has 0 unspecified atom stereocenters. The molecule has 68 valence electrons. The minimum atomic E-state index is 0.435. The molecular formula is C9H12BNOS. The van der Waals surface area contributed by atoms with Gasteiger partial charge in [-0.1, -0.05) is 0 Å². The standard InChI is InChI=1S/C9H12BNOS/c12-10-7-11-6-5-8-1-3-9(13)4-2-8/h1-4,11,13H,5-7H2. The number of benzene rings is 1. The van der Waals surface area contributed by atoms with Gasteiger partial charge in [-0.15, -0.1) is 0 Å². The molecule has 1 rings (SSSR count). The van der Waals surface area contributed by atoms with E-state index in [-0.39, 0.29) is 0 Å². The van der Waals surface area contributed by atoms with E-state index in [2.05, 4.69) is 17.9 Å². The summed E-state index contributed by atoms with van der Waals surface area (Å²) in [5.41, 5.74) is 1.26. The number of rotatable bonds is 5. The van der Waals surface area contributed by atoms with Crippen molar-refractivity contribution >= 4 is 19.8 Å². The summed E-state index contributed by atoms with van der Waals surface area (Å²) in [5, 5.41) is 3.01. The Hall–Kier alpha value is -0.605. The summed E-state index contributed by atoms with van der Waals surface area (Å²) in [6.07, 6.45) is 1.38. The maximum absolute atomic E-state index is 9.99. The molecule has 4 heteroatoms. The second-order valence-electron chi connectivity index (χ2n) is 2.79. The Kier molecular flexibility index (Phi) is 4.79. The predicted molar refractivity (Wildman–Crippen MR) is 56.7 cm³/mol. The van der Waals surface area contributed by atoms with Crippen LogP contribution in [0.1, 0.15) is 5.56 Å². The van der Waals surface area contributed by atoms with Gasteiger partial charge < -0.3 is 0 Å². The van der Waals surface area contributed by atoms with E-state index in [1.165, 1.54) is 5.56 Å². The van der Waals surface area contributed by atoms with E-state index in [1.807, 2.05) is 24.3 Å². The number of hydrogen-bond donors (Lipinski definition) is 2. The van der Waals surface area contributed by atoms with Crippen LogP contribution in [-0.2, 0) is 11.1 Å². The zero-order valence-electron chi connectivity index (χ0n) is 7.36. The summed E-state index contributed by atoms with van der Waals surface area (Å²) in [6.45, 7) is 0.838. The van der Waals surface area contributed by atoms with Crippen molar-refractivity contribution in [3.63, 3.8) is 0 Å².